The predicted molar refractivity (Wildman–Crippen MR) is 83.9 cm³/mol. The molecule has 0 aliphatic heterocycles. The Morgan fingerprint density at radius 2 is 1.90 bits per heavy atom. The molecule has 3 heteroatoms. The Morgan fingerprint density at radius 1 is 1.15 bits per heavy atom. The summed E-state index contributed by atoms with van der Waals surface area (Å²) in [6, 6.07) is 15.7. The molecule has 0 atom stereocenters. The molecule has 1 fully saturated rings. The molecule has 0 heterocycles. The van der Waals surface area contributed by atoms with Crippen LogP contribution in [0.3, 0.4) is 0 Å². The molecule has 0 amide bonds. The summed E-state index contributed by atoms with van der Waals surface area (Å²) in [4.78, 5) is 2.48. The Bertz CT molecular complexity index is 611. The first-order chi connectivity index (χ1) is 9.74. The molecule has 0 aromatic heterocycles. The van der Waals surface area contributed by atoms with E-state index in [2.05, 4.69) is 47.4 Å². The van der Waals surface area contributed by atoms with Gasteiger partial charge in [0.1, 0.15) is 0 Å². The topological polar surface area (TPSA) is 53.1 Å². The van der Waals surface area contributed by atoms with E-state index in [1.165, 1.54) is 29.2 Å². The van der Waals surface area contributed by atoms with Crippen molar-refractivity contribution >= 4 is 16.6 Å². The van der Waals surface area contributed by atoms with Crippen molar-refractivity contribution in [1.29, 1.82) is 5.41 Å². The maximum Gasteiger partial charge on any atom is 0.0918 e. The van der Waals surface area contributed by atoms with E-state index in [-0.39, 0.29) is 5.84 Å². The van der Waals surface area contributed by atoms with Crippen LogP contribution < -0.4 is 5.73 Å². The van der Waals surface area contributed by atoms with Gasteiger partial charge in [0, 0.05) is 25.6 Å². The van der Waals surface area contributed by atoms with Gasteiger partial charge in [-0.05, 0) is 29.2 Å². The van der Waals surface area contributed by atoms with Gasteiger partial charge in [-0.2, -0.15) is 0 Å². The molecule has 0 bridgehead atoms. The molecule has 3 N–H and O–H groups in total. The van der Waals surface area contributed by atoms with Crippen LogP contribution in [0, 0.1) is 5.41 Å². The van der Waals surface area contributed by atoms with E-state index < -0.39 is 0 Å². The van der Waals surface area contributed by atoms with Crippen molar-refractivity contribution in [3.8, 4) is 0 Å². The van der Waals surface area contributed by atoms with Crippen LogP contribution >= 0.6 is 0 Å². The quantitative estimate of drug-likeness (QED) is 0.624. The van der Waals surface area contributed by atoms with Crippen molar-refractivity contribution in [2.24, 2.45) is 5.73 Å². The average Bonchev–Trinajstić information content (AvgIpc) is 3.28. The van der Waals surface area contributed by atoms with Gasteiger partial charge in [-0.3, -0.25) is 10.3 Å². The normalized spacial score (nSPS) is 14.8. The largest absolute Gasteiger partial charge is 0.388 e. The monoisotopic (exact) mass is 267 g/mol. The Balaban J connectivity index is 1.81. The molecule has 104 valence electrons. The predicted octanol–water partition coefficient (Wildman–Crippen LogP) is 3.13. The van der Waals surface area contributed by atoms with Crippen LogP contribution in [0.4, 0.5) is 0 Å². The van der Waals surface area contributed by atoms with Crippen LogP contribution in [0.1, 0.15) is 24.8 Å². The van der Waals surface area contributed by atoms with Gasteiger partial charge in [0.05, 0.1) is 5.84 Å². The average molecular weight is 267 g/mol. The number of hydrogen-bond acceptors (Lipinski definition) is 2. The zero-order valence-corrected chi connectivity index (χ0v) is 11.7. The summed E-state index contributed by atoms with van der Waals surface area (Å²) in [6.45, 7) is 1.85. The van der Waals surface area contributed by atoms with Crippen molar-refractivity contribution in [1.82, 2.24) is 4.90 Å². The van der Waals surface area contributed by atoms with Gasteiger partial charge < -0.3 is 5.73 Å². The molecule has 0 radical (unpaired) electrons. The van der Waals surface area contributed by atoms with Crippen molar-refractivity contribution in [3.63, 3.8) is 0 Å². The van der Waals surface area contributed by atoms with E-state index in [1.54, 1.807) is 0 Å². The number of benzene rings is 2. The number of nitrogens with one attached hydrogen (secondary N) is 1. The summed E-state index contributed by atoms with van der Waals surface area (Å²) in [6.07, 6.45) is 3.23. The van der Waals surface area contributed by atoms with Crippen molar-refractivity contribution in [3.05, 3.63) is 48.0 Å². The standard InChI is InChI=1S/C17H21N3/c18-17(19)10-11-20(15-8-9-15)12-14-6-3-5-13-4-1-2-7-16(13)14/h1-7,15H,8-12H2,(H3,18,19). The Morgan fingerprint density at radius 3 is 2.65 bits per heavy atom. The smallest absolute Gasteiger partial charge is 0.0918 e. The number of rotatable bonds is 6. The molecule has 3 rings (SSSR count). The second-order valence-electron chi connectivity index (χ2n) is 5.62. The second-order valence-corrected chi connectivity index (χ2v) is 5.62. The van der Waals surface area contributed by atoms with E-state index >= 15 is 0 Å². The lowest BCUT2D eigenvalue weighted by molar-refractivity contribution is 0.263. The fraction of sp³-hybridized carbons (Fsp3) is 0.353. The zero-order valence-electron chi connectivity index (χ0n) is 11.7. The van der Waals surface area contributed by atoms with E-state index in [4.69, 9.17) is 11.1 Å². The fourth-order valence-electron chi connectivity index (χ4n) is 2.74. The number of amidine groups is 1. The fourth-order valence-corrected chi connectivity index (χ4v) is 2.74. The van der Waals surface area contributed by atoms with E-state index in [1.807, 2.05) is 0 Å². The summed E-state index contributed by atoms with van der Waals surface area (Å²) >= 11 is 0. The Hall–Kier alpha value is -1.87. The molecular weight excluding hydrogens is 246 g/mol. The molecule has 20 heavy (non-hydrogen) atoms. The van der Waals surface area contributed by atoms with Crippen LogP contribution in [0.15, 0.2) is 42.5 Å². The highest BCUT2D eigenvalue weighted by molar-refractivity contribution is 5.85. The highest BCUT2D eigenvalue weighted by Crippen LogP contribution is 2.30. The minimum Gasteiger partial charge on any atom is -0.388 e. The SMILES string of the molecule is N=C(N)CCN(Cc1cccc2ccccc12)C1CC1. The third-order valence-electron chi connectivity index (χ3n) is 3.98. The lowest BCUT2D eigenvalue weighted by Gasteiger charge is -2.22. The zero-order chi connectivity index (χ0) is 13.9. The second kappa shape index (κ2) is 5.63. The van der Waals surface area contributed by atoms with Gasteiger partial charge in [-0.1, -0.05) is 42.5 Å². The number of fused-ring (bicyclic) bond motifs is 1. The summed E-state index contributed by atoms with van der Waals surface area (Å²) in [5.74, 6) is 0.286. The van der Waals surface area contributed by atoms with Crippen molar-refractivity contribution in [2.45, 2.75) is 31.8 Å². The van der Waals surface area contributed by atoms with Crippen LogP contribution in [0.25, 0.3) is 10.8 Å². The minimum absolute atomic E-state index is 0.286. The summed E-state index contributed by atoms with van der Waals surface area (Å²) in [5, 5.41) is 10.0. The van der Waals surface area contributed by atoms with Gasteiger partial charge in [-0.25, -0.2) is 0 Å². The van der Waals surface area contributed by atoms with E-state index in [0.29, 0.717) is 12.5 Å². The maximum atomic E-state index is 7.41. The van der Waals surface area contributed by atoms with E-state index in [9.17, 15) is 0 Å². The third kappa shape index (κ3) is 2.99. The maximum absolute atomic E-state index is 7.41. The molecule has 1 aliphatic rings. The lowest BCUT2D eigenvalue weighted by atomic mass is 10.0. The van der Waals surface area contributed by atoms with Gasteiger partial charge in [0.25, 0.3) is 0 Å². The first-order valence-corrected chi connectivity index (χ1v) is 7.27. The van der Waals surface area contributed by atoms with Gasteiger partial charge in [0.15, 0.2) is 0 Å². The first-order valence-electron chi connectivity index (χ1n) is 7.27. The summed E-state index contributed by atoms with van der Waals surface area (Å²) < 4.78 is 0. The highest BCUT2D eigenvalue weighted by Gasteiger charge is 2.28. The molecule has 1 aliphatic carbocycles. The number of hydrogen-bond donors (Lipinski definition) is 2. The van der Waals surface area contributed by atoms with Crippen LogP contribution in [-0.2, 0) is 6.54 Å². The molecule has 2 aromatic rings. The Labute approximate surface area is 119 Å². The first kappa shape index (κ1) is 13.1. The van der Waals surface area contributed by atoms with Crippen LogP contribution in [-0.4, -0.2) is 23.3 Å². The van der Waals surface area contributed by atoms with Crippen LogP contribution in [0.5, 0.6) is 0 Å². The van der Waals surface area contributed by atoms with Gasteiger partial charge >= 0.3 is 0 Å². The molecule has 1 saturated carbocycles. The highest BCUT2D eigenvalue weighted by atomic mass is 15.2. The van der Waals surface area contributed by atoms with Crippen molar-refractivity contribution < 1.29 is 0 Å². The molecule has 3 nitrogen and oxygen atoms in total. The van der Waals surface area contributed by atoms with E-state index in [0.717, 1.165) is 13.1 Å². The molecule has 0 saturated heterocycles. The minimum atomic E-state index is 0.286. The van der Waals surface area contributed by atoms with Gasteiger partial charge in [0.2, 0.25) is 0 Å². The lowest BCUT2D eigenvalue weighted by Crippen LogP contribution is -2.29. The molecule has 2 aromatic carbocycles. The molecule has 0 spiro atoms. The molecule has 0 unspecified atom stereocenters. The Kier molecular flexibility index (Phi) is 3.70. The number of nitrogens with two attached hydrogens (primary N) is 1. The van der Waals surface area contributed by atoms with Crippen molar-refractivity contribution in [2.75, 3.05) is 6.54 Å². The summed E-state index contributed by atoms with van der Waals surface area (Å²) in [7, 11) is 0. The number of nitrogens with zero attached hydrogens (tertiary/aromatic N) is 1. The van der Waals surface area contributed by atoms with Gasteiger partial charge in [-0.15, -0.1) is 0 Å². The third-order valence-corrected chi connectivity index (χ3v) is 3.98. The van der Waals surface area contributed by atoms with Crippen LogP contribution in [0.2, 0.25) is 0 Å². The summed E-state index contributed by atoms with van der Waals surface area (Å²) in [5.41, 5.74) is 6.88. The molecular formula is C17H21N3.